The smallest absolute Gasteiger partial charge is 0.191 e. The Kier molecular flexibility index (Phi) is 7.26. The van der Waals surface area contributed by atoms with Crippen LogP contribution in [-0.2, 0) is 11.3 Å². The molecule has 2 N–H and O–H groups in total. The number of hydrogen-bond acceptors (Lipinski definition) is 5. The predicted molar refractivity (Wildman–Crippen MR) is 96.1 cm³/mol. The first kappa shape index (κ1) is 18.2. The first-order valence-electron chi connectivity index (χ1n) is 8.27. The molecule has 1 aliphatic heterocycles. The molecule has 0 aromatic carbocycles. The van der Waals surface area contributed by atoms with Crippen molar-refractivity contribution in [3.8, 4) is 0 Å². The normalized spacial score (nSPS) is 18.2. The van der Waals surface area contributed by atoms with Crippen molar-refractivity contribution >= 4 is 17.3 Å². The number of ether oxygens (including phenoxy) is 1. The number of morpholine rings is 1. The second-order valence-corrected chi connectivity index (χ2v) is 7.07. The van der Waals surface area contributed by atoms with Gasteiger partial charge in [-0.3, -0.25) is 9.89 Å². The van der Waals surface area contributed by atoms with Gasteiger partial charge in [0.25, 0.3) is 0 Å². The van der Waals surface area contributed by atoms with Crippen molar-refractivity contribution in [1.29, 1.82) is 0 Å². The molecule has 1 atom stereocenters. The number of aryl methyl sites for hydroxylation is 1. The van der Waals surface area contributed by atoms with Crippen LogP contribution in [0.2, 0.25) is 0 Å². The number of aromatic nitrogens is 1. The second-order valence-electron chi connectivity index (χ2n) is 6.13. The quantitative estimate of drug-likeness (QED) is 0.607. The summed E-state index contributed by atoms with van der Waals surface area (Å²) in [6, 6.07) is 0.489. The minimum atomic E-state index is 0.489. The molecule has 6 nitrogen and oxygen atoms in total. The van der Waals surface area contributed by atoms with E-state index in [0.29, 0.717) is 12.0 Å². The molecule has 0 saturated carbocycles. The highest BCUT2D eigenvalue weighted by molar-refractivity contribution is 7.09. The van der Waals surface area contributed by atoms with E-state index in [-0.39, 0.29) is 0 Å². The fourth-order valence-electron chi connectivity index (χ4n) is 2.78. The molecule has 1 fully saturated rings. The molecule has 0 amide bonds. The number of hydrogen-bond donors (Lipinski definition) is 2. The van der Waals surface area contributed by atoms with Gasteiger partial charge in [0.15, 0.2) is 5.96 Å². The molecule has 1 saturated heterocycles. The highest BCUT2D eigenvalue weighted by Gasteiger charge is 2.23. The van der Waals surface area contributed by atoms with Crippen LogP contribution >= 0.6 is 11.3 Å². The van der Waals surface area contributed by atoms with Crippen LogP contribution in [0.5, 0.6) is 0 Å². The Bertz CT molecular complexity index is 496. The summed E-state index contributed by atoms with van der Waals surface area (Å²) in [7, 11) is 1.81. The van der Waals surface area contributed by atoms with Gasteiger partial charge >= 0.3 is 0 Å². The summed E-state index contributed by atoms with van der Waals surface area (Å²) >= 11 is 1.68. The van der Waals surface area contributed by atoms with Crippen molar-refractivity contribution in [1.82, 2.24) is 20.5 Å². The van der Waals surface area contributed by atoms with Crippen LogP contribution < -0.4 is 10.6 Å². The minimum absolute atomic E-state index is 0.489. The zero-order chi connectivity index (χ0) is 16.7. The van der Waals surface area contributed by atoms with Gasteiger partial charge in [-0.25, -0.2) is 4.98 Å². The summed E-state index contributed by atoms with van der Waals surface area (Å²) in [5, 5.41) is 6.85. The van der Waals surface area contributed by atoms with Crippen LogP contribution in [0.1, 0.15) is 24.4 Å². The molecule has 0 aliphatic carbocycles. The number of nitrogens with zero attached hydrogens (tertiary/aromatic N) is 3. The van der Waals surface area contributed by atoms with Gasteiger partial charge in [-0.05, 0) is 12.8 Å². The summed E-state index contributed by atoms with van der Waals surface area (Å²) in [6.45, 7) is 11.9. The van der Waals surface area contributed by atoms with Gasteiger partial charge in [0.1, 0.15) is 0 Å². The second kappa shape index (κ2) is 9.20. The van der Waals surface area contributed by atoms with Crippen molar-refractivity contribution < 1.29 is 4.74 Å². The van der Waals surface area contributed by atoms with Crippen molar-refractivity contribution in [2.45, 2.75) is 33.4 Å². The van der Waals surface area contributed by atoms with Crippen LogP contribution in [0.25, 0.3) is 0 Å². The third-order valence-electron chi connectivity index (χ3n) is 4.25. The van der Waals surface area contributed by atoms with E-state index in [0.717, 1.165) is 51.0 Å². The van der Waals surface area contributed by atoms with Crippen LogP contribution in [0.4, 0.5) is 0 Å². The fourth-order valence-corrected chi connectivity index (χ4v) is 3.49. The number of thiazole rings is 1. The number of guanidine groups is 1. The molecule has 2 rings (SSSR count). The summed E-state index contributed by atoms with van der Waals surface area (Å²) in [5.41, 5.74) is 2.97. The average molecular weight is 340 g/mol. The van der Waals surface area contributed by atoms with Crippen molar-refractivity contribution in [2.24, 2.45) is 10.9 Å². The van der Waals surface area contributed by atoms with E-state index in [1.807, 2.05) is 19.5 Å². The Morgan fingerprint density at radius 1 is 1.39 bits per heavy atom. The first-order valence-corrected chi connectivity index (χ1v) is 9.15. The lowest BCUT2D eigenvalue weighted by atomic mass is 10.0. The topological polar surface area (TPSA) is 61.8 Å². The lowest BCUT2D eigenvalue weighted by Crippen LogP contribution is -2.52. The molecule has 23 heavy (non-hydrogen) atoms. The van der Waals surface area contributed by atoms with Crippen LogP contribution in [-0.4, -0.2) is 61.8 Å². The van der Waals surface area contributed by atoms with E-state index in [1.165, 1.54) is 4.88 Å². The molecule has 0 bridgehead atoms. The van der Waals surface area contributed by atoms with Crippen LogP contribution in [0.3, 0.4) is 0 Å². The Morgan fingerprint density at radius 3 is 2.70 bits per heavy atom. The fraction of sp³-hybridized carbons (Fsp3) is 0.750. The van der Waals surface area contributed by atoms with Gasteiger partial charge in [-0.1, -0.05) is 13.8 Å². The highest BCUT2D eigenvalue weighted by Crippen LogP contribution is 2.13. The monoisotopic (exact) mass is 339 g/mol. The number of rotatable bonds is 6. The molecule has 7 heteroatoms. The molecule has 1 aromatic rings. The molecule has 0 radical (unpaired) electrons. The van der Waals surface area contributed by atoms with Gasteiger partial charge in [0.2, 0.25) is 0 Å². The predicted octanol–water partition coefficient (Wildman–Crippen LogP) is 1.47. The maximum absolute atomic E-state index is 5.46. The van der Waals surface area contributed by atoms with Crippen molar-refractivity contribution in [3.05, 3.63) is 16.1 Å². The van der Waals surface area contributed by atoms with E-state index in [2.05, 4.69) is 39.4 Å². The largest absolute Gasteiger partial charge is 0.379 e. The van der Waals surface area contributed by atoms with Gasteiger partial charge in [-0.2, -0.15) is 0 Å². The molecular weight excluding hydrogens is 310 g/mol. The zero-order valence-electron chi connectivity index (χ0n) is 14.6. The van der Waals surface area contributed by atoms with Crippen molar-refractivity contribution in [2.75, 3.05) is 39.9 Å². The van der Waals surface area contributed by atoms with Gasteiger partial charge < -0.3 is 15.4 Å². The third-order valence-corrected chi connectivity index (χ3v) is 5.18. The summed E-state index contributed by atoms with van der Waals surface area (Å²) in [6.07, 6.45) is 0. The molecule has 1 aliphatic rings. The standard InChI is InChI=1S/C16H29N5OS/c1-12(2)14(21-5-7-22-8-6-21)9-18-16(17-4)19-10-15-13(3)20-11-23-15/h11-12,14H,5-10H2,1-4H3,(H2,17,18,19). The summed E-state index contributed by atoms with van der Waals surface area (Å²) < 4.78 is 5.46. The molecule has 2 heterocycles. The summed E-state index contributed by atoms with van der Waals surface area (Å²) in [4.78, 5) is 12.4. The zero-order valence-corrected chi connectivity index (χ0v) is 15.4. The minimum Gasteiger partial charge on any atom is -0.379 e. The van der Waals surface area contributed by atoms with E-state index < -0.39 is 0 Å². The Labute approximate surface area is 143 Å². The molecule has 1 unspecified atom stereocenters. The number of nitrogens with one attached hydrogen (secondary N) is 2. The summed E-state index contributed by atoms with van der Waals surface area (Å²) in [5.74, 6) is 1.43. The molecule has 130 valence electrons. The van der Waals surface area contributed by atoms with Crippen LogP contribution in [0.15, 0.2) is 10.5 Å². The maximum Gasteiger partial charge on any atom is 0.191 e. The van der Waals surface area contributed by atoms with E-state index in [1.54, 1.807) is 11.3 Å². The van der Waals surface area contributed by atoms with Gasteiger partial charge in [0.05, 0.1) is 31.0 Å². The SMILES string of the molecule is CN=C(NCc1scnc1C)NCC(C(C)C)N1CCOCC1. The molecule has 1 aromatic heterocycles. The van der Waals surface area contributed by atoms with Crippen molar-refractivity contribution in [3.63, 3.8) is 0 Å². The average Bonchev–Trinajstić information content (AvgIpc) is 2.96. The Balaban J connectivity index is 1.83. The third kappa shape index (κ3) is 5.44. The van der Waals surface area contributed by atoms with E-state index >= 15 is 0 Å². The molecular formula is C16H29N5OS. The van der Waals surface area contributed by atoms with E-state index in [9.17, 15) is 0 Å². The maximum atomic E-state index is 5.46. The van der Waals surface area contributed by atoms with Gasteiger partial charge in [0, 0.05) is 37.6 Å². The lowest BCUT2D eigenvalue weighted by molar-refractivity contribution is 0.00752. The van der Waals surface area contributed by atoms with Crippen LogP contribution in [0, 0.1) is 12.8 Å². The Hall–Kier alpha value is -1.18. The number of aliphatic imine (C=N–C) groups is 1. The van der Waals surface area contributed by atoms with E-state index in [4.69, 9.17) is 4.74 Å². The van der Waals surface area contributed by atoms with Gasteiger partial charge in [-0.15, -0.1) is 11.3 Å². The lowest BCUT2D eigenvalue weighted by Gasteiger charge is -2.37. The molecule has 0 spiro atoms. The first-order chi connectivity index (χ1) is 11.1. The highest BCUT2D eigenvalue weighted by atomic mass is 32.1. The Morgan fingerprint density at radius 2 is 2.13 bits per heavy atom.